The van der Waals surface area contributed by atoms with Gasteiger partial charge in [0.15, 0.2) is 0 Å². The van der Waals surface area contributed by atoms with Gasteiger partial charge in [-0.15, -0.1) is 11.8 Å². The van der Waals surface area contributed by atoms with E-state index in [0.29, 0.717) is 12.2 Å². The molecule has 0 saturated carbocycles. The van der Waals surface area contributed by atoms with Gasteiger partial charge in [-0.1, -0.05) is 44.2 Å². The van der Waals surface area contributed by atoms with Crippen molar-refractivity contribution in [3.63, 3.8) is 0 Å². The second-order valence-electron chi connectivity index (χ2n) is 8.15. The number of hydrogen-bond donors (Lipinski definition) is 0. The Labute approximate surface area is 182 Å². The summed E-state index contributed by atoms with van der Waals surface area (Å²) in [6, 6.07) is 16.1. The number of fused-ring (bicyclic) bond motifs is 1. The van der Waals surface area contributed by atoms with Gasteiger partial charge in [0, 0.05) is 22.7 Å². The molecule has 5 heteroatoms. The van der Waals surface area contributed by atoms with Crippen molar-refractivity contribution < 1.29 is 9.53 Å². The number of carbonyl (C=O) groups excluding carboxylic acids is 1. The van der Waals surface area contributed by atoms with Crippen LogP contribution in [0.2, 0.25) is 0 Å². The van der Waals surface area contributed by atoms with Crippen molar-refractivity contribution in [3.05, 3.63) is 71.5 Å². The highest BCUT2D eigenvalue weighted by Crippen LogP contribution is 2.43. The summed E-state index contributed by atoms with van der Waals surface area (Å²) in [4.78, 5) is 17.8. The minimum atomic E-state index is -0.727. The highest BCUT2D eigenvalue weighted by Gasteiger charge is 2.34. The van der Waals surface area contributed by atoms with Crippen molar-refractivity contribution in [2.24, 2.45) is 0 Å². The number of hydrogen-bond acceptors (Lipinski definition) is 5. The number of benzene rings is 2. The molecule has 0 N–H and O–H groups in total. The fraction of sp³-hybridized carbons (Fsp3) is 0.320. The Kier molecular flexibility index (Phi) is 6.19. The average Bonchev–Trinajstić information content (AvgIpc) is 2.73. The van der Waals surface area contributed by atoms with Gasteiger partial charge < -0.3 is 4.74 Å². The summed E-state index contributed by atoms with van der Waals surface area (Å²) < 4.78 is 4.54. The van der Waals surface area contributed by atoms with Crippen molar-refractivity contribution in [2.45, 2.75) is 49.7 Å². The van der Waals surface area contributed by atoms with Gasteiger partial charge in [-0.25, -0.2) is 0 Å². The van der Waals surface area contributed by atoms with Crippen LogP contribution in [-0.4, -0.2) is 22.3 Å². The maximum absolute atomic E-state index is 12.5. The van der Waals surface area contributed by atoms with Crippen LogP contribution in [0.3, 0.4) is 0 Å². The van der Waals surface area contributed by atoms with Gasteiger partial charge in [0.25, 0.3) is 0 Å². The van der Waals surface area contributed by atoms with Crippen LogP contribution in [0.1, 0.15) is 51.3 Å². The molecular formula is C25H26N2O2S. The smallest absolute Gasteiger partial charge is 0.321 e. The van der Waals surface area contributed by atoms with Gasteiger partial charge in [0.05, 0.1) is 18.2 Å². The summed E-state index contributed by atoms with van der Waals surface area (Å²) in [7, 11) is 0. The topological polar surface area (TPSA) is 63.0 Å². The fourth-order valence-corrected chi connectivity index (χ4v) is 4.89. The SMILES string of the molecule is CCOC(=O)C(C)(C)Sc1ccncc1C(C)(C)c1ccc(C#N)c2ccccc12. The van der Waals surface area contributed by atoms with Crippen LogP contribution in [0.5, 0.6) is 0 Å². The predicted octanol–water partition coefficient (Wildman–Crippen LogP) is 5.87. The zero-order valence-electron chi connectivity index (χ0n) is 18.0. The lowest BCUT2D eigenvalue weighted by Crippen LogP contribution is -2.31. The van der Waals surface area contributed by atoms with Crippen molar-refractivity contribution in [3.8, 4) is 6.07 Å². The van der Waals surface area contributed by atoms with Crippen LogP contribution < -0.4 is 0 Å². The molecule has 0 atom stereocenters. The lowest BCUT2D eigenvalue weighted by atomic mass is 9.76. The monoisotopic (exact) mass is 418 g/mol. The van der Waals surface area contributed by atoms with Gasteiger partial charge in [-0.3, -0.25) is 9.78 Å². The van der Waals surface area contributed by atoms with E-state index in [1.54, 1.807) is 6.20 Å². The van der Waals surface area contributed by atoms with Crippen molar-refractivity contribution in [1.82, 2.24) is 4.98 Å². The number of pyridine rings is 1. The molecule has 0 spiro atoms. The number of thioether (sulfide) groups is 1. The molecule has 1 heterocycles. The molecule has 0 bridgehead atoms. The van der Waals surface area contributed by atoms with Crippen molar-refractivity contribution >= 4 is 28.5 Å². The molecule has 0 aliphatic heterocycles. The van der Waals surface area contributed by atoms with Gasteiger partial charge >= 0.3 is 5.97 Å². The molecule has 3 aromatic rings. The number of carbonyl (C=O) groups is 1. The van der Waals surface area contributed by atoms with E-state index in [2.05, 4.69) is 31.0 Å². The highest BCUT2D eigenvalue weighted by molar-refractivity contribution is 8.01. The molecule has 0 aliphatic carbocycles. The van der Waals surface area contributed by atoms with E-state index in [-0.39, 0.29) is 5.97 Å². The minimum absolute atomic E-state index is 0.237. The zero-order valence-corrected chi connectivity index (χ0v) is 18.8. The van der Waals surface area contributed by atoms with E-state index < -0.39 is 10.2 Å². The maximum atomic E-state index is 12.5. The fourth-order valence-electron chi connectivity index (χ4n) is 3.65. The molecule has 0 amide bonds. The number of esters is 1. The molecule has 4 nitrogen and oxygen atoms in total. The Morgan fingerprint density at radius 1 is 1.07 bits per heavy atom. The molecule has 0 fully saturated rings. The average molecular weight is 419 g/mol. The zero-order chi connectivity index (χ0) is 21.9. The van der Waals surface area contributed by atoms with Crippen molar-refractivity contribution in [2.75, 3.05) is 6.61 Å². The normalized spacial score (nSPS) is 11.9. The molecular weight excluding hydrogens is 392 g/mol. The summed E-state index contributed by atoms with van der Waals surface area (Å²) in [6.07, 6.45) is 3.62. The third-order valence-electron chi connectivity index (χ3n) is 5.30. The van der Waals surface area contributed by atoms with Crippen LogP contribution in [0, 0.1) is 11.3 Å². The predicted molar refractivity (Wildman–Crippen MR) is 122 cm³/mol. The van der Waals surface area contributed by atoms with E-state index in [4.69, 9.17) is 4.74 Å². The Morgan fingerprint density at radius 2 is 1.77 bits per heavy atom. The van der Waals surface area contributed by atoms with Crippen LogP contribution >= 0.6 is 11.8 Å². The minimum Gasteiger partial charge on any atom is -0.465 e. The Bertz CT molecular complexity index is 1130. The summed E-state index contributed by atoms with van der Waals surface area (Å²) in [5, 5.41) is 11.5. The third-order valence-corrected chi connectivity index (χ3v) is 6.56. The first-order valence-corrected chi connectivity index (χ1v) is 10.8. The molecule has 154 valence electrons. The largest absolute Gasteiger partial charge is 0.465 e. The molecule has 30 heavy (non-hydrogen) atoms. The van der Waals surface area contributed by atoms with Crippen LogP contribution in [0.4, 0.5) is 0 Å². The second kappa shape index (κ2) is 8.49. The summed E-state index contributed by atoms with van der Waals surface area (Å²) in [5.74, 6) is -0.237. The number of ether oxygens (including phenoxy) is 1. The first-order valence-electron chi connectivity index (χ1n) is 9.95. The summed E-state index contributed by atoms with van der Waals surface area (Å²) in [5.41, 5.74) is 2.41. The quantitative estimate of drug-likeness (QED) is 0.370. The first kappa shape index (κ1) is 21.9. The van der Waals surface area contributed by atoms with E-state index in [9.17, 15) is 10.1 Å². The van der Waals surface area contributed by atoms with Gasteiger partial charge in [0.2, 0.25) is 0 Å². The molecule has 0 saturated heterocycles. The van der Waals surface area contributed by atoms with Crippen molar-refractivity contribution in [1.29, 1.82) is 5.26 Å². The number of rotatable bonds is 6. The van der Waals surface area contributed by atoms with Gasteiger partial charge in [-0.05, 0) is 54.8 Å². The number of aromatic nitrogens is 1. The third kappa shape index (κ3) is 4.06. The molecule has 0 unspecified atom stereocenters. The van der Waals surface area contributed by atoms with Gasteiger partial charge in [0.1, 0.15) is 4.75 Å². The van der Waals surface area contributed by atoms with Crippen LogP contribution in [0.25, 0.3) is 10.8 Å². The Hall–Kier alpha value is -2.84. The van der Waals surface area contributed by atoms with E-state index in [1.807, 2.05) is 63.4 Å². The molecule has 0 radical (unpaired) electrons. The Balaban J connectivity index is 2.12. The van der Waals surface area contributed by atoms with Crippen LogP contribution in [0.15, 0.2) is 59.8 Å². The van der Waals surface area contributed by atoms with E-state index in [0.717, 1.165) is 26.8 Å². The second-order valence-corrected chi connectivity index (χ2v) is 9.81. The standard InChI is InChI=1S/C25H26N2O2S/c1-6-29-23(28)25(4,5)30-22-13-14-27-16-21(22)24(2,3)20-12-11-17(15-26)18-9-7-8-10-19(18)20/h7-14,16H,6H2,1-5H3. The van der Waals surface area contributed by atoms with E-state index in [1.165, 1.54) is 11.8 Å². The number of nitriles is 1. The summed E-state index contributed by atoms with van der Waals surface area (Å²) in [6.45, 7) is 10.2. The molecule has 0 aliphatic rings. The molecule has 2 aromatic carbocycles. The lowest BCUT2D eigenvalue weighted by molar-refractivity contribution is -0.145. The molecule has 1 aromatic heterocycles. The highest BCUT2D eigenvalue weighted by atomic mass is 32.2. The van der Waals surface area contributed by atoms with E-state index >= 15 is 0 Å². The first-order chi connectivity index (χ1) is 14.2. The molecule has 3 rings (SSSR count). The Morgan fingerprint density at radius 3 is 2.43 bits per heavy atom. The van der Waals surface area contributed by atoms with Crippen LogP contribution in [-0.2, 0) is 14.9 Å². The number of nitrogens with zero attached hydrogens (tertiary/aromatic N) is 2. The summed E-state index contributed by atoms with van der Waals surface area (Å²) >= 11 is 1.49. The van der Waals surface area contributed by atoms with Gasteiger partial charge in [-0.2, -0.15) is 5.26 Å². The maximum Gasteiger partial charge on any atom is 0.321 e. The lowest BCUT2D eigenvalue weighted by Gasteiger charge is -2.31.